The van der Waals surface area contributed by atoms with Gasteiger partial charge < -0.3 is 4.57 Å². The lowest BCUT2D eigenvalue weighted by Crippen LogP contribution is -2.32. The maximum absolute atomic E-state index is 13.6. The number of carbonyl (C=O) groups excluding carboxylic acids is 1. The number of carbonyl (C=O) groups is 1. The van der Waals surface area contributed by atoms with Crippen molar-refractivity contribution in [1.82, 2.24) is 14.5 Å². The molecule has 0 fully saturated rings. The van der Waals surface area contributed by atoms with Crippen LogP contribution in [0.15, 0.2) is 55.1 Å². The van der Waals surface area contributed by atoms with E-state index in [0.29, 0.717) is 22.3 Å². The van der Waals surface area contributed by atoms with E-state index < -0.39 is 0 Å². The predicted molar refractivity (Wildman–Crippen MR) is 133 cm³/mol. The van der Waals surface area contributed by atoms with Gasteiger partial charge in [-0.3, -0.25) is 9.69 Å². The van der Waals surface area contributed by atoms with Gasteiger partial charge in [-0.15, -0.1) is 0 Å². The average molecular weight is 467 g/mol. The molecule has 2 aromatic carbocycles. The second kappa shape index (κ2) is 9.04. The maximum atomic E-state index is 13.6. The number of aryl methyl sites for hydroxylation is 2. The van der Waals surface area contributed by atoms with E-state index >= 15 is 0 Å². The van der Waals surface area contributed by atoms with Gasteiger partial charge in [0.1, 0.15) is 0 Å². The molecule has 32 heavy (non-hydrogen) atoms. The van der Waals surface area contributed by atoms with Crippen LogP contribution < -0.4 is 4.90 Å². The van der Waals surface area contributed by atoms with E-state index in [4.69, 9.17) is 16.6 Å². The van der Waals surface area contributed by atoms with Gasteiger partial charge >= 0.3 is 0 Å². The van der Waals surface area contributed by atoms with Gasteiger partial charge in [0.15, 0.2) is 5.13 Å². The summed E-state index contributed by atoms with van der Waals surface area (Å²) in [6, 6.07) is 11.7. The molecule has 0 radical (unpaired) electrons. The van der Waals surface area contributed by atoms with Gasteiger partial charge in [0, 0.05) is 36.1 Å². The summed E-state index contributed by atoms with van der Waals surface area (Å²) >= 11 is 7.76. The van der Waals surface area contributed by atoms with Crippen LogP contribution in [0, 0.1) is 6.92 Å². The van der Waals surface area contributed by atoms with Crippen LogP contribution in [0.25, 0.3) is 10.2 Å². The number of nitrogens with zero attached hydrogens (tertiary/aromatic N) is 4. The van der Waals surface area contributed by atoms with E-state index in [9.17, 15) is 4.79 Å². The normalized spacial score (nSPS) is 11.8. The molecule has 0 aliphatic carbocycles. The van der Waals surface area contributed by atoms with Crippen LogP contribution in [0.4, 0.5) is 5.13 Å². The van der Waals surface area contributed by atoms with Crippen molar-refractivity contribution in [2.75, 3.05) is 11.4 Å². The summed E-state index contributed by atoms with van der Waals surface area (Å²) in [6.07, 6.45) is 6.28. The van der Waals surface area contributed by atoms with Crippen molar-refractivity contribution in [2.24, 2.45) is 0 Å². The third-order valence-corrected chi connectivity index (χ3v) is 6.71. The number of imidazole rings is 1. The van der Waals surface area contributed by atoms with Gasteiger partial charge in [-0.2, -0.15) is 0 Å². The van der Waals surface area contributed by atoms with Crippen LogP contribution in [0.3, 0.4) is 0 Å². The molecule has 2 heterocycles. The third kappa shape index (κ3) is 4.87. The fourth-order valence-electron chi connectivity index (χ4n) is 3.64. The van der Waals surface area contributed by atoms with Gasteiger partial charge in [0.05, 0.1) is 16.5 Å². The first-order valence-electron chi connectivity index (χ1n) is 10.7. The highest BCUT2D eigenvalue weighted by molar-refractivity contribution is 7.22. The Morgan fingerprint density at radius 2 is 1.94 bits per heavy atom. The van der Waals surface area contributed by atoms with Gasteiger partial charge in [-0.25, -0.2) is 9.97 Å². The maximum Gasteiger partial charge on any atom is 0.260 e. The number of amides is 1. The lowest BCUT2D eigenvalue weighted by atomic mass is 9.86. The fraction of sp³-hybridized carbons (Fsp3) is 0.320. The first-order valence-corrected chi connectivity index (χ1v) is 11.9. The second-order valence-corrected chi connectivity index (χ2v) is 10.4. The molecule has 0 saturated carbocycles. The lowest BCUT2D eigenvalue weighted by molar-refractivity contribution is 0.0986. The Bertz CT molecular complexity index is 1220. The molecule has 0 unspecified atom stereocenters. The van der Waals surface area contributed by atoms with Crippen LogP contribution in [0.1, 0.15) is 48.7 Å². The van der Waals surface area contributed by atoms with Crippen LogP contribution in [0.2, 0.25) is 5.02 Å². The Morgan fingerprint density at radius 3 is 2.59 bits per heavy atom. The van der Waals surface area contributed by atoms with E-state index in [2.05, 4.69) is 25.8 Å². The van der Waals surface area contributed by atoms with Crippen LogP contribution >= 0.6 is 22.9 Å². The third-order valence-electron chi connectivity index (χ3n) is 5.47. The minimum atomic E-state index is -0.0427. The molecule has 0 saturated heterocycles. The van der Waals surface area contributed by atoms with E-state index in [1.165, 1.54) is 16.9 Å². The molecule has 7 heteroatoms. The molecular weight excluding hydrogens is 440 g/mol. The van der Waals surface area contributed by atoms with Crippen LogP contribution in [-0.2, 0) is 12.0 Å². The summed E-state index contributed by atoms with van der Waals surface area (Å²) < 4.78 is 3.00. The van der Waals surface area contributed by atoms with Gasteiger partial charge in [-0.05, 0) is 54.2 Å². The highest BCUT2D eigenvalue weighted by Gasteiger charge is 2.23. The number of anilines is 1. The largest absolute Gasteiger partial charge is 0.337 e. The standard InChI is InChI=1S/C25H27ClN4OS/c1-17-14-20(26)15-21-22(17)28-24(32-21)30(12-5-11-29-13-10-27-16-29)23(31)18-6-8-19(9-7-18)25(2,3)4/h6-10,13-16H,5,11-12H2,1-4H3. The summed E-state index contributed by atoms with van der Waals surface area (Å²) in [5.74, 6) is -0.0427. The zero-order valence-corrected chi connectivity index (χ0v) is 20.4. The molecule has 2 aromatic heterocycles. The number of hydrogen-bond acceptors (Lipinski definition) is 4. The zero-order chi connectivity index (χ0) is 22.9. The fourth-order valence-corrected chi connectivity index (χ4v) is 5.09. The summed E-state index contributed by atoms with van der Waals surface area (Å²) in [5.41, 5.74) is 3.80. The van der Waals surface area contributed by atoms with Crippen molar-refractivity contribution in [1.29, 1.82) is 0 Å². The Morgan fingerprint density at radius 1 is 1.19 bits per heavy atom. The second-order valence-electron chi connectivity index (χ2n) is 9.00. The quantitative estimate of drug-likeness (QED) is 0.326. The van der Waals surface area contributed by atoms with Crippen molar-refractivity contribution in [3.8, 4) is 0 Å². The van der Waals surface area contributed by atoms with Crippen LogP contribution in [0.5, 0.6) is 0 Å². The van der Waals surface area contributed by atoms with Crippen molar-refractivity contribution in [3.63, 3.8) is 0 Å². The molecular formula is C25H27ClN4OS. The van der Waals surface area contributed by atoms with Crippen molar-refractivity contribution >= 4 is 44.2 Å². The number of halogens is 1. The molecule has 4 aromatic rings. The Hall–Kier alpha value is -2.70. The molecule has 1 amide bonds. The number of aromatic nitrogens is 3. The zero-order valence-electron chi connectivity index (χ0n) is 18.8. The average Bonchev–Trinajstić information content (AvgIpc) is 3.40. The van der Waals surface area contributed by atoms with Crippen LogP contribution in [-0.4, -0.2) is 27.0 Å². The smallest absolute Gasteiger partial charge is 0.260 e. The van der Waals surface area contributed by atoms with Crippen molar-refractivity contribution in [3.05, 3.63) is 76.8 Å². The number of benzene rings is 2. The summed E-state index contributed by atoms with van der Waals surface area (Å²) in [6.45, 7) is 9.84. The molecule has 0 bridgehead atoms. The molecule has 166 valence electrons. The van der Waals surface area contributed by atoms with E-state index in [0.717, 1.165) is 28.7 Å². The van der Waals surface area contributed by atoms with Crippen molar-refractivity contribution in [2.45, 2.75) is 46.1 Å². The summed E-state index contributed by atoms with van der Waals surface area (Å²) in [4.78, 5) is 24.3. The number of fused-ring (bicyclic) bond motifs is 1. The van der Waals surface area contributed by atoms with E-state index in [-0.39, 0.29) is 11.3 Å². The lowest BCUT2D eigenvalue weighted by Gasteiger charge is -2.22. The van der Waals surface area contributed by atoms with Crippen molar-refractivity contribution < 1.29 is 4.79 Å². The molecule has 0 aliphatic rings. The first-order chi connectivity index (χ1) is 15.2. The number of hydrogen-bond donors (Lipinski definition) is 0. The van der Waals surface area contributed by atoms with E-state index in [1.807, 2.05) is 54.1 Å². The monoisotopic (exact) mass is 466 g/mol. The van der Waals surface area contributed by atoms with E-state index in [1.54, 1.807) is 17.4 Å². The van der Waals surface area contributed by atoms with Gasteiger partial charge in [-0.1, -0.05) is 55.8 Å². The Labute approximate surface area is 197 Å². The topological polar surface area (TPSA) is 51.0 Å². The summed E-state index contributed by atoms with van der Waals surface area (Å²) in [7, 11) is 0. The number of thiazole rings is 1. The van der Waals surface area contributed by atoms with Gasteiger partial charge in [0.2, 0.25) is 0 Å². The minimum absolute atomic E-state index is 0.0376. The SMILES string of the molecule is Cc1cc(Cl)cc2sc(N(CCCn3ccnc3)C(=O)c3ccc(C(C)(C)C)cc3)nc12. The molecule has 0 spiro atoms. The summed E-state index contributed by atoms with van der Waals surface area (Å²) in [5, 5.41) is 1.38. The molecule has 0 atom stereocenters. The Kier molecular flexibility index (Phi) is 6.35. The first kappa shape index (κ1) is 22.5. The highest BCUT2D eigenvalue weighted by atomic mass is 35.5. The number of rotatable bonds is 6. The minimum Gasteiger partial charge on any atom is -0.337 e. The molecule has 4 rings (SSSR count). The Balaban J connectivity index is 1.65. The predicted octanol–water partition coefficient (Wildman–Crippen LogP) is 6.49. The van der Waals surface area contributed by atoms with Gasteiger partial charge in [0.25, 0.3) is 5.91 Å². The molecule has 0 N–H and O–H groups in total. The highest BCUT2D eigenvalue weighted by Crippen LogP contribution is 2.34. The molecule has 5 nitrogen and oxygen atoms in total. The molecule has 0 aliphatic heterocycles.